The van der Waals surface area contributed by atoms with Crippen molar-refractivity contribution in [1.82, 2.24) is 61.8 Å². The molecule has 17 aromatic rings. The van der Waals surface area contributed by atoms with Gasteiger partial charge in [0, 0.05) is 181 Å². The summed E-state index contributed by atoms with van der Waals surface area (Å²) in [5.41, 5.74) is 3.35. The second-order valence-electron chi connectivity index (χ2n) is 29.7. The maximum atomic E-state index is 13.2. The van der Waals surface area contributed by atoms with Crippen LogP contribution >= 0.6 is 196 Å². The van der Waals surface area contributed by atoms with E-state index in [0.29, 0.717) is 71.3 Å². The number of carboxylic acid groups (broad SMARTS) is 1. The molecule has 1 aliphatic rings. The van der Waals surface area contributed by atoms with E-state index in [-0.39, 0.29) is 16.7 Å². The van der Waals surface area contributed by atoms with Crippen molar-refractivity contribution in [3.05, 3.63) is 404 Å². The molecular formula is C105H81F5I5N19O7S7. The van der Waals surface area contributed by atoms with Gasteiger partial charge in [0.2, 0.25) is 0 Å². The zero-order valence-corrected chi connectivity index (χ0v) is 95.7. The number of carbonyl (C=O) groups is 2. The number of carbonyl (C=O) groups excluding carboxylic acids is 1. The third kappa shape index (κ3) is 39.5. The number of nitriles is 6. The van der Waals surface area contributed by atoms with Gasteiger partial charge in [0.15, 0.2) is 30.6 Å². The number of ether oxygens (including phenoxy) is 4. The predicted molar refractivity (Wildman–Crippen MR) is 608 cm³/mol. The van der Waals surface area contributed by atoms with Crippen LogP contribution < -0.4 is 14.2 Å². The molecule has 7 heterocycles. The number of benzene rings is 11. The lowest BCUT2D eigenvalue weighted by Gasteiger charge is -2.10. The molecule has 26 nitrogen and oxygen atoms in total. The predicted octanol–water partition coefficient (Wildman–Crippen LogP) is 28.2. The fourth-order valence-electron chi connectivity index (χ4n) is 11.7. The van der Waals surface area contributed by atoms with Crippen LogP contribution in [-0.4, -0.2) is 103 Å². The Labute approximate surface area is 950 Å². The van der Waals surface area contributed by atoms with E-state index in [1.54, 1.807) is 101 Å². The lowest BCUT2D eigenvalue weighted by molar-refractivity contribution is 0.0599. The number of thiocarbonyl (C=S) groups is 1. The Bertz CT molecular complexity index is 7690. The van der Waals surface area contributed by atoms with E-state index in [1.807, 2.05) is 259 Å². The highest BCUT2D eigenvalue weighted by atomic mass is 127. The molecule has 1 N–H and O–H groups in total. The van der Waals surface area contributed by atoms with Gasteiger partial charge in [-0.15, -0.1) is 0 Å². The van der Waals surface area contributed by atoms with Gasteiger partial charge in [-0.3, -0.25) is 4.57 Å². The number of nitrogens with zero attached hydrogens (tertiary/aromatic N) is 19. The molecule has 0 spiro atoms. The summed E-state index contributed by atoms with van der Waals surface area (Å²) in [6, 6.07) is 73.1. The largest absolute Gasteiger partial charge is 0.478 e. The number of halogens is 10. The molecule has 0 atom stereocenters. The van der Waals surface area contributed by atoms with E-state index in [0.717, 1.165) is 95.7 Å². The summed E-state index contributed by atoms with van der Waals surface area (Å²) in [5, 5.41) is 65.3. The van der Waals surface area contributed by atoms with Gasteiger partial charge in [-0.05, 0) is 326 Å². The Morgan fingerprint density at radius 1 is 0.351 bits per heavy atom. The summed E-state index contributed by atoms with van der Waals surface area (Å²) in [7, 11) is 14.6. The van der Waals surface area contributed by atoms with Crippen LogP contribution in [-0.2, 0) is 47.0 Å². The Hall–Kier alpha value is -13.1. The van der Waals surface area contributed by atoms with Crippen LogP contribution in [0.2, 0.25) is 0 Å². The van der Waals surface area contributed by atoms with E-state index >= 15 is 0 Å². The number of aromatic nitrogens is 12. The highest BCUT2D eigenvalue weighted by molar-refractivity contribution is 14.1. The summed E-state index contributed by atoms with van der Waals surface area (Å²) >= 11 is 28.1. The molecule has 43 heteroatoms. The fourth-order valence-corrected chi connectivity index (χ4v) is 17.9. The molecule has 0 fully saturated rings. The van der Waals surface area contributed by atoms with Crippen molar-refractivity contribution in [3.8, 4) is 76.6 Å². The summed E-state index contributed by atoms with van der Waals surface area (Å²) in [6.45, 7) is 0. The number of rotatable bonds is 19. The number of aryl methyl sites for hydroxylation is 6. The van der Waals surface area contributed by atoms with Crippen molar-refractivity contribution in [2.75, 3.05) is 19.1 Å². The smallest absolute Gasteiger partial charge is 0.338 e. The van der Waals surface area contributed by atoms with Gasteiger partial charge in [0.25, 0.3) is 0 Å². The van der Waals surface area contributed by atoms with Crippen LogP contribution in [0.4, 0.5) is 22.0 Å². The number of methoxy groups -OCH3 is 1. The molecule has 0 amide bonds. The lowest BCUT2D eigenvalue weighted by Crippen LogP contribution is -2.11. The van der Waals surface area contributed by atoms with Crippen LogP contribution in [0.25, 0.3) is 5.69 Å². The molecule has 0 unspecified atom stereocenters. The summed E-state index contributed by atoms with van der Waals surface area (Å²) in [4.78, 5) is 53.2. The minimum atomic E-state index is -0.996. The Kier molecular flexibility index (Phi) is 48.8. The molecule has 0 saturated carbocycles. The summed E-state index contributed by atoms with van der Waals surface area (Å²) in [6.07, 6.45) is 26.3. The molecule has 11 aromatic carbocycles. The molecule has 18 rings (SSSR count). The number of alkyl halides is 1. The highest BCUT2D eigenvalue weighted by Crippen LogP contribution is 2.38. The van der Waals surface area contributed by atoms with E-state index in [2.05, 4.69) is 156 Å². The van der Waals surface area contributed by atoms with Gasteiger partial charge in [-0.25, -0.2) is 56.5 Å². The quantitative estimate of drug-likeness (QED) is 0.0258. The second kappa shape index (κ2) is 61.0. The van der Waals surface area contributed by atoms with Crippen molar-refractivity contribution in [2.45, 2.75) is 56.7 Å². The van der Waals surface area contributed by atoms with Crippen LogP contribution in [0.3, 0.4) is 0 Å². The average molecular weight is 2670 g/mol. The first-order valence-corrected chi connectivity index (χ1v) is 53.8. The molecule has 6 aromatic heterocycles. The molecular weight excluding hydrogens is 2590 g/mol. The number of imidazole rings is 6. The number of hydrogen-bond acceptors (Lipinski definition) is 24. The molecule has 0 radical (unpaired) electrons. The van der Waals surface area contributed by atoms with Crippen LogP contribution in [0.15, 0.2) is 361 Å². The second-order valence-corrected chi connectivity index (χ2v) is 40.7. The maximum Gasteiger partial charge on any atom is 0.338 e. The molecule has 0 bridgehead atoms. The first-order chi connectivity index (χ1) is 71.0. The normalized spacial score (nSPS) is 10.4. The molecule has 0 saturated heterocycles. The minimum Gasteiger partial charge on any atom is -0.478 e. The van der Waals surface area contributed by atoms with E-state index in [4.69, 9.17) is 69.7 Å². The van der Waals surface area contributed by atoms with Crippen molar-refractivity contribution >= 4 is 213 Å². The lowest BCUT2D eigenvalue weighted by atomic mass is 10.2. The Morgan fingerprint density at radius 2 is 0.649 bits per heavy atom. The van der Waals surface area contributed by atoms with Gasteiger partial charge in [0.05, 0.1) is 98.7 Å². The first-order valence-electron chi connectivity index (χ1n) is 42.5. The molecule has 750 valence electrons. The average Bonchev–Trinajstić information content (AvgIpc) is 1.35. The number of aromatic carboxylic acids is 1. The fraction of sp³-hybridized carbons (Fsp3) is 0.0952. The number of hydrogen-bond donors (Lipinski definition) is 1. The number of esters is 1. The van der Waals surface area contributed by atoms with Gasteiger partial charge in [0.1, 0.15) is 63.6 Å². The van der Waals surface area contributed by atoms with E-state index in [1.165, 1.54) is 108 Å². The topological polar surface area (TPSA) is 336 Å². The van der Waals surface area contributed by atoms with E-state index in [9.17, 15) is 41.9 Å². The van der Waals surface area contributed by atoms with Gasteiger partial charge in [-0.2, -0.15) is 31.6 Å². The van der Waals surface area contributed by atoms with Crippen molar-refractivity contribution in [1.29, 1.82) is 31.6 Å². The van der Waals surface area contributed by atoms with Gasteiger partial charge in [-0.1, -0.05) is 99.7 Å². The number of carboxylic acids is 1. The zero-order valence-electron chi connectivity index (χ0n) is 79.2. The molecule has 0 aliphatic carbocycles. The SMILES string of the molecule is CI.CN1C=CCC1=S.COC(=O)c1cc(Oc2ccc(I)cc2)cc(Sc2nccn2C)c1.Cn1ccn(-c2cc(F)cc(C#N)c2)c1=S.Cn1ccnc1Sc1cc(C#N)cc(Oc2ccc(I)cc2)c1.Cn1ccnc1Sc1cc(F)cc(C#N)c1.Cn1ccnc1Sc1cc(F)cc(C#N)c1.Cn1ccnc1Sc1cc(Oc2ccc(I)cc2)cc(C(=O)O)c1.N#Cc1cc(F)cc(F)c1.N#Cc1ccc(I)cc1. The third-order valence-electron chi connectivity index (χ3n) is 18.7. The van der Waals surface area contributed by atoms with Crippen LogP contribution in [0, 0.1) is 116 Å². The summed E-state index contributed by atoms with van der Waals surface area (Å²) in [5.74, 6) is -0.316. The monoisotopic (exact) mass is 2670 g/mol. The Balaban J connectivity index is 0.000000189. The van der Waals surface area contributed by atoms with Gasteiger partial charge >= 0.3 is 11.9 Å². The first kappa shape index (κ1) is 118. The van der Waals surface area contributed by atoms with Crippen LogP contribution in [0.1, 0.15) is 60.5 Å². The highest BCUT2D eigenvalue weighted by Gasteiger charge is 2.18. The van der Waals surface area contributed by atoms with Crippen molar-refractivity contribution in [2.24, 2.45) is 42.3 Å². The molecule has 1 aliphatic heterocycles. The summed E-state index contributed by atoms with van der Waals surface area (Å²) < 4.78 is 104. The maximum absolute atomic E-state index is 13.2. The van der Waals surface area contributed by atoms with Crippen molar-refractivity contribution in [3.63, 3.8) is 0 Å². The van der Waals surface area contributed by atoms with Crippen molar-refractivity contribution < 1.29 is 55.6 Å². The van der Waals surface area contributed by atoms with E-state index < -0.39 is 41.0 Å². The Morgan fingerprint density at radius 3 is 0.946 bits per heavy atom. The molecule has 148 heavy (non-hydrogen) atoms. The van der Waals surface area contributed by atoms with Crippen LogP contribution in [0.5, 0.6) is 34.5 Å². The third-order valence-corrected chi connectivity index (χ3v) is 27.8. The zero-order chi connectivity index (χ0) is 107. The van der Waals surface area contributed by atoms with Gasteiger partial charge < -0.3 is 56.4 Å². The standard InChI is InChI=1S/C18H15IN2O3S.C17H12IN3OS.C17H13IN2O3S.3C11H8FN3S.C7H3F2N.C7H4IN.C5H7NS.CH3I/c1-21-8-7-20-18(21)25-16-10-12(17(22)23-2)9-15(11-16)24-14-5-3-13(19)4-6-14;1-21-7-6-20-17(21)23-16-9-12(11-19)8-15(10-16)22-14-4-2-13(18)3-5-14;1-20-7-6-19-17(20)24-15-9-11(16(21)22)8-14(10-15)23-13-4-2-12(18)3-5-13;2*1-15-3-2-14-11(15)16-10-5-8(7-13)4-9(12)6-10;1-14-2-3-15(11(14)16)10-5-8(7-13)4-9(12)6-10;8-6-1-5(4-10)2-7(9)3-6;8-7-3-1-6(5-9)2-4-7;1-6-4-2-3-5(6)7;1-2/h3-11H,1-2H3;2-10H,1H3;2-10H,1H3,(H,21,22);3*2-6H,1H3;1-3H;1-4H;2,4H,3H2,1H3;1H3. The minimum absolute atomic E-state index is 0.00231.